The highest BCUT2D eigenvalue weighted by atomic mass is 15.4. The van der Waals surface area contributed by atoms with Crippen molar-refractivity contribution >= 4 is 17.8 Å². The Morgan fingerprint density at radius 2 is 1.74 bits per heavy atom. The monoisotopic (exact) mass is 264 g/mol. The van der Waals surface area contributed by atoms with E-state index in [1.165, 1.54) is 19.3 Å². The molecule has 0 bridgehead atoms. The van der Waals surface area contributed by atoms with Crippen molar-refractivity contribution in [2.75, 3.05) is 48.3 Å². The molecule has 0 atom stereocenters. The fourth-order valence-electron chi connectivity index (χ4n) is 2.35. The third-order valence-electron chi connectivity index (χ3n) is 3.52. The zero-order chi connectivity index (χ0) is 13.7. The number of aromatic nitrogens is 3. The lowest BCUT2D eigenvalue weighted by Gasteiger charge is -2.28. The standard InChI is InChI=1S/C13H24N6/c1-4-18(5-2)12-15-11(14-3)16-13(17-12)19-9-7-6-8-10-19/h4-10H2,1-3H3,(H,14,15,16,17). The van der Waals surface area contributed by atoms with Gasteiger partial charge in [0.2, 0.25) is 17.8 Å². The van der Waals surface area contributed by atoms with Crippen molar-refractivity contribution in [2.45, 2.75) is 33.1 Å². The van der Waals surface area contributed by atoms with Gasteiger partial charge in [-0.15, -0.1) is 0 Å². The third-order valence-corrected chi connectivity index (χ3v) is 3.52. The molecule has 6 heteroatoms. The van der Waals surface area contributed by atoms with Gasteiger partial charge in [0.15, 0.2) is 0 Å². The van der Waals surface area contributed by atoms with Crippen molar-refractivity contribution in [3.8, 4) is 0 Å². The molecule has 1 aromatic rings. The SMILES string of the molecule is CCN(CC)c1nc(NC)nc(N2CCCCC2)n1. The number of rotatable bonds is 5. The molecule has 1 aliphatic heterocycles. The van der Waals surface area contributed by atoms with E-state index in [1.807, 2.05) is 7.05 Å². The fourth-order valence-corrected chi connectivity index (χ4v) is 2.35. The number of nitrogens with one attached hydrogen (secondary N) is 1. The summed E-state index contributed by atoms with van der Waals surface area (Å²) >= 11 is 0. The Balaban J connectivity index is 2.29. The van der Waals surface area contributed by atoms with Crippen molar-refractivity contribution < 1.29 is 0 Å². The minimum absolute atomic E-state index is 0.650. The van der Waals surface area contributed by atoms with Crippen LogP contribution in [0.4, 0.5) is 17.8 Å². The number of hydrogen-bond acceptors (Lipinski definition) is 6. The van der Waals surface area contributed by atoms with Crippen LogP contribution in [0.15, 0.2) is 0 Å². The molecule has 106 valence electrons. The second-order valence-electron chi connectivity index (χ2n) is 4.73. The quantitative estimate of drug-likeness (QED) is 0.874. The lowest BCUT2D eigenvalue weighted by atomic mass is 10.1. The molecule has 0 amide bonds. The number of nitrogens with zero attached hydrogens (tertiary/aromatic N) is 5. The van der Waals surface area contributed by atoms with Gasteiger partial charge in [-0.25, -0.2) is 0 Å². The summed E-state index contributed by atoms with van der Waals surface area (Å²) in [4.78, 5) is 18.0. The zero-order valence-electron chi connectivity index (χ0n) is 12.2. The molecule has 2 rings (SSSR count). The molecule has 2 heterocycles. The summed E-state index contributed by atoms with van der Waals surface area (Å²) in [7, 11) is 1.85. The summed E-state index contributed by atoms with van der Waals surface area (Å²) in [6, 6.07) is 0. The van der Waals surface area contributed by atoms with Gasteiger partial charge in [0.05, 0.1) is 0 Å². The van der Waals surface area contributed by atoms with Crippen LogP contribution in [0.1, 0.15) is 33.1 Å². The van der Waals surface area contributed by atoms with E-state index >= 15 is 0 Å². The topological polar surface area (TPSA) is 57.2 Å². The van der Waals surface area contributed by atoms with E-state index in [1.54, 1.807) is 0 Å². The molecular weight excluding hydrogens is 240 g/mol. The predicted molar refractivity (Wildman–Crippen MR) is 79.0 cm³/mol. The second-order valence-corrected chi connectivity index (χ2v) is 4.73. The molecule has 0 unspecified atom stereocenters. The molecular formula is C13H24N6. The van der Waals surface area contributed by atoms with E-state index in [9.17, 15) is 0 Å². The molecule has 0 spiro atoms. The third kappa shape index (κ3) is 3.24. The molecule has 19 heavy (non-hydrogen) atoms. The summed E-state index contributed by atoms with van der Waals surface area (Å²) in [5.74, 6) is 2.23. The smallest absolute Gasteiger partial charge is 0.231 e. The molecule has 0 aromatic carbocycles. The van der Waals surface area contributed by atoms with E-state index in [-0.39, 0.29) is 0 Å². The highest BCUT2D eigenvalue weighted by Gasteiger charge is 2.17. The lowest BCUT2D eigenvalue weighted by Crippen LogP contribution is -2.32. The Morgan fingerprint density at radius 1 is 1.05 bits per heavy atom. The molecule has 6 nitrogen and oxygen atoms in total. The minimum Gasteiger partial charge on any atom is -0.357 e. The Labute approximate surface area is 115 Å². The Bertz CT molecular complexity index is 398. The van der Waals surface area contributed by atoms with Crippen LogP contribution >= 0.6 is 0 Å². The molecule has 1 aromatic heterocycles. The van der Waals surface area contributed by atoms with Crippen molar-refractivity contribution in [3.63, 3.8) is 0 Å². The van der Waals surface area contributed by atoms with Crippen LogP contribution in [0.25, 0.3) is 0 Å². The van der Waals surface area contributed by atoms with Crippen molar-refractivity contribution in [1.82, 2.24) is 15.0 Å². The molecule has 0 saturated carbocycles. The largest absolute Gasteiger partial charge is 0.357 e. The summed E-state index contributed by atoms with van der Waals surface area (Å²) in [6.07, 6.45) is 3.76. The normalized spacial score (nSPS) is 15.4. The maximum atomic E-state index is 4.64. The van der Waals surface area contributed by atoms with Crippen LogP contribution in [-0.2, 0) is 0 Å². The molecule has 1 aliphatic rings. The number of anilines is 3. The Kier molecular flexibility index (Phi) is 4.76. The highest BCUT2D eigenvalue weighted by Crippen LogP contribution is 2.19. The van der Waals surface area contributed by atoms with Crippen LogP contribution in [-0.4, -0.2) is 48.2 Å². The van der Waals surface area contributed by atoms with Crippen molar-refractivity contribution in [1.29, 1.82) is 0 Å². The molecule has 1 N–H and O–H groups in total. The van der Waals surface area contributed by atoms with Gasteiger partial charge < -0.3 is 15.1 Å². The van der Waals surface area contributed by atoms with Gasteiger partial charge in [0.1, 0.15) is 0 Å². The molecule has 0 radical (unpaired) electrons. The highest BCUT2D eigenvalue weighted by molar-refractivity contribution is 5.45. The minimum atomic E-state index is 0.650. The molecule has 1 fully saturated rings. The van der Waals surface area contributed by atoms with Crippen LogP contribution in [0.5, 0.6) is 0 Å². The van der Waals surface area contributed by atoms with Crippen LogP contribution in [0, 0.1) is 0 Å². The average molecular weight is 264 g/mol. The maximum Gasteiger partial charge on any atom is 0.231 e. The van der Waals surface area contributed by atoms with E-state index in [0.29, 0.717) is 5.95 Å². The van der Waals surface area contributed by atoms with E-state index in [2.05, 4.69) is 43.9 Å². The summed E-state index contributed by atoms with van der Waals surface area (Å²) in [5.41, 5.74) is 0. The van der Waals surface area contributed by atoms with Gasteiger partial charge in [0.25, 0.3) is 0 Å². The number of hydrogen-bond donors (Lipinski definition) is 1. The van der Waals surface area contributed by atoms with Gasteiger partial charge in [0, 0.05) is 33.2 Å². The summed E-state index contributed by atoms with van der Waals surface area (Å²) in [6.45, 7) is 8.14. The van der Waals surface area contributed by atoms with Gasteiger partial charge in [-0.05, 0) is 33.1 Å². The van der Waals surface area contributed by atoms with Gasteiger partial charge in [-0.3, -0.25) is 0 Å². The van der Waals surface area contributed by atoms with Gasteiger partial charge in [-0.1, -0.05) is 0 Å². The first kappa shape index (κ1) is 13.8. The number of piperidine rings is 1. The van der Waals surface area contributed by atoms with E-state index < -0.39 is 0 Å². The second kappa shape index (κ2) is 6.54. The predicted octanol–water partition coefficient (Wildman–Crippen LogP) is 1.75. The molecule has 0 aliphatic carbocycles. The zero-order valence-corrected chi connectivity index (χ0v) is 12.2. The van der Waals surface area contributed by atoms with E-state index in [4.69, 9.17) is 0 Å². The molecule has 1 saturated heterocycles. The summed E-state index contributed by atoms with van der Waals surface area (Å²) < 4.78 is 0. The lowest BCUT2D eigenvalue weighted by molar-refractivity contribution is 0.567. The Morgan fingerprint density at radius 3 is 2.32 bits per heavy atom. The fraction of sp³-hybridized carbons (Fsp3) is 0.769. The van der Waals surface area contributed by atoms with Gasteiger partial charge in [-0.2, -0.15) is 15.0 Å². The van der Waals surface area contributed by atoms with E-state index in [0.717, 1.165) is 38.1 Å². The van der Waals surface area contributed by atoms with Crippen LogP contribution < -0.4 is 15.1 Å². The van der Waals surface area contributed by atoms with Crippen LogP contribution in [0.3, 0.4) is 0 Å². The maximum absolute atomic E-state index is 4.64. The first-order chi connectivity index (χ1) is 9.28. The van der Waals surface area contributed by atoms with Crippen molar-refractivity contribution in [2.24, 2.45) is 0 Å². The van der Waals surface area contributed by atoms with Crippen LogP contribution in [0.2, 0.25) is 0 Å². The first-order valence-corrected chi connectivity index (χ1v) is 7.22. The Hall–Kier alpha value is -1.59. The van der Waals surface area contributed by atoms with Gasteiger partial charge >= 0.3 is 0 Å². The van der Waals surface area contributed by atoms with Crippen molar-refractivity contribution in [3.05, 3.63) is 0 Å². The summed E-state index contributed by atoms with van der Waals surface area (Å²) in [5, 5.41) is 3.03. The first-order valence-electron chi connectivity index (χ1n) is 7.22. The average Bonchev–Trinajstić information content (AvgIpc) is 2.49.